The van der Waals surface area contributed by atoms with Crippen molar-refractivity contribution in [3.05, 3.63) is 22.7 Å². The lowest BCUT2D eigenvalue weighted by molar-refractivity contribution is 0.143. The van der Waals surface area contributed by atoms with Crippen molar-refractivity contribution in [3.8, 4) is 11.5 Å². The first-order valence-corrected chi connectivity index (χ1v) is 5.92. The van der Waals surface area contributed by atoms with E-state index in [2.05, 4.69) is 0 Å². The molecule has 1 aliphatic rings. The summed E-state index contributed by atoms with van der Waals surface area (Å²) < 4.78 is 35.9. The molecule has 0 spiro atoms. The molecule has 0 aromatic heterocycles. The van der Waals surface area contributed by atoms with Gasteiger partial charge in [0.25, 0.3) is 6.43 Å². The van der Waals surface area contributed by atoms with Crippen LogP contribution in [0.5, 0.6) is 11.5 Å². The normalized spacial score (nSPS) is 16.8. The van der Waals surface area contributed by atoms with Gasteiger partial charge < -0.3 is 9.47 Å². The van der Waals surface area contributed by atoms with Gasteiger partial charge in [0, 0.05) is 17.5 Å². The van der Waals surface area contributed by atoms with Gasteiger partial charge in [0.1, 0.15) is 5.38 Å². The molecule has 0 saturated carbocycles. The summed E-state index contributed by atoms with van der Waals surface area (Å²) in [6, 6.07) is 2.89. The average molecular weight is 283 g/mol. The summed E-state index contributed by atoms with van der Waals surface area (Å²) in [7, 11) is 0. The lowest BCUT2D eigenvalue weighted by Crippen LogP contribution is -2.04. The molecule has 0 saturated heterocycles. The van der Waals surface area contributed by atoms with Gasteiger partial charge in [-0.3, -0.25) is 0 Å². The Bertz CT molecular complexity index is 413. The van der Waals surface area contributed by atoms with Gasteiger partial charge in [-0.2, -0.15) is 0 Å². The Balaban J connectivity index is 2.38. The topological polar surface area (TPSA) is 18.5 Å². The second kappa shape index (κ2) is 5.27. The van der Waals surface area contributed by atoms with Crippen molar-refractivity contribution in [1.82, 2.24) is 0 Å². The zero-order valence-electron chi connectivity index (χ0n) is 8.76. The van der Waals surface area contributed by atoms with Gasteiger partial charge >= 0.3 is 0 Å². The molecular formula is C11H10Cl2F2O2. The molecule has 1 heterocycles. The summed E-state index contributed by atoms with van der Waals surface area (Å²) >= 11 is 11.5. The van der Waals surface area contributed by atoms with Crippen molar-refractivity contribution in [2.24, 2.45) is 0 Å². The van der Waals surface area contributed by atoms with E-state index in [0.717, 1.165) is 6.42 Å². The number of fused-ring (bicyclic) bond motifs is 1. The molecule has 17 heavy (non-hydrogen) atoms. The lowest BCUT2D eigenvalue weighted by Gasteiger charge is -2.14. The van der Waals surface area contributed by atoms with E-state index in [-0.39, 0.29) is 10.6 Å². The van der Waals surface area contributed by atoms with Crippen LogP contribution in [0.4, 0.5) is 8.78 Å². The Morgan fingerprint density at radius 2 is 1.71 bits per heavy atom. The van der Waals surface area contributed by atoms with E-state index < -0.39 is 11.8 Å². The summed E-state index contributed by atoms with van der Waals surface area (Å²) in [6.07, 6.45) is -1.94. The van der Waals surface area contributed by atoms with Gasteiger partial charge in [-0.05, 0) is 11.6 Å². The van der Waals surface area contributed by atoms with Crippen LogP contribution >= 0.6 is 23.2 Å². The van der Waals surface area contributed by atoms with Crippen LogP contribution in [0.1, 0.15) is 17.4 Å². The predicted octanol–water partition coefficient (Wildman–Crippen LogP) is 4.05. The highest BCUT2D eigenvalue weighted by molar-refractivity contribution is 6.33. The molecule has 0 N–H and O–H groups in total. The van der Waals surface area contributed by atoms with Crippen molar-refractivity contribution >= 4 is 23.2 Å². The zero-order chi connectivity index (χ0) is 12.4. The standard InChI is InChI=1S/C11H10Cl2F2O2/c12-7-5-9-8(16-2-1-3-17-9)4-6(7)10(13)11(14)15/h4-5,10-11H,1-3H2. The molecule has 0 aliphatic carbocycles. The third-order valence-corrected chi connectivity index (χ3v) is 3.14. The summed E-state index contributed by atoms with van der Waals surface area (Å²) in [5.74, 6) is 0.877. The van der Waals surface area contributed by atoms with Crippen LogP contribution in [-0.4, -0.2) is 19.6 Å². The van der Waals surface area contributed by atoms with Crippen LogP contribution in [0.2, 0.25) is 5.02 Å². The summed E-state index contributed by atoms with van der Waals surface area (Å²) in [6.45, 7) is 0.998. The smallest absolute Gasteiger partial charge is 0.258 e. The quantitative estimate of drug-likeness (QED) is 0.762. The first-order chi connectivity index (χ1) is 8.09. The molecule has 2 rings (SSSR count). The van der Waals surface area contributed by atoms with E-state index >= 15 is 0 Å². The van der Waals surface area contributed by atoms with E-state index in [9.17, 15) is 8.78 Å². The maximum Gasteiger partial charge on any atom is 0.258 e. The molecule has 94 valence electrons. The Morgan fingerprint density at radius 1 is 1.12 bits per heavy atom. The second-order valence-electron chi connectivity index (χ2n) is 3.61. The third-order valence-electron chi connectivity index (χ3n) is 2.39. The van der Waals surface area contributed by atoms with Gasteiger partial charge in [-0.1, -0.05) is 11.6 Å². The van der Waals surface area contributed by atoms with E-state index in [1.54, 1.807) is 0 Å². The van der Waals surface area contributed by atoms with Crippen molar-refractivity contribution in [3.63, 3.8) is 0 Å². The van der Waals surface area contributed by atoms with Gasteiger partial charge in [0.2, 0.25) is 0 Å². The van der Waals surface area contributed by atoms with Crippen molar-refractivity contribution in [1.29, 1.82) is 0 Å². The number of ether oxygens (including phenoxy) is 2. The van der Waals surface area contributed by atoms with Crippen LogP contribution in [0.25, 0.3) is 0 Å². The molecule has 6 heteroatoms. The van der Waals surface area contributed by atoms with Crippen molar-refractivity contribution < 1.29 is 18.3 Å². The molecule has 1 aromatic rings. The van der Waals surface area contributed by atoms with E-state index in [1.165, 1.54) is 12.1 Å². The Kier molecular flexibility index (Phi) is 3.94. The lowest BCUT2D eigenvalue weighted by atomic mass is 10.1. The first-order valence-electron chi connectivity index (χ1n) is 5.11. The highest BCUT2D eigenvalue weighted by Gasteiger charge is 2.24. The van der Waals surface area contributed by atoms with Gasteiger partial charge in [0.05, 0.1) is 13.2 Å². The minimum atomic E-state index is -2.68. The molecule has 0 radical (unpaired) electrons. The number of halogens is 4. The highest BCUT2D eigenvalue weighted by Crippen LogP contribution is 2.40. The molecule has 1 unspecified atom stereocenters. The van der Waals surface area contributed by atoms with E-state index in [0.29, 0.717) is 24.7 Å². The number of alkyl halides is 3. The third kappa shape index (κ3) is 2.75. The van der Waals surface area contributed by atoms with Crippen molar-refractivity contribution in [2.75, 3.05) is 13.2 Å². The zero-order valence-corrected chi connectivity index (χ0v) is 10.3. The molecule has 1 aliphatic heterocycles. The fourth-order valence-corrected chi connectivity index (χ4v) is 2.05. The molecular weight excluding hydrogens is 273 g/mol. The second-order valence-corrected chi connectivity index (χ2v) is 4.48. The monoisotopic (exact) mass is 282 g/mol. The fraction of sp³-hybridized carbons (Fsp3) is 0.455. The SMILES string of the molecule is FC(F)C(Cl)c1cc2c(cc1Cl)OCCCO2. The first kappa shape index (κ1) is 12.7. The Hall–Kier alpha value is -0.740. The Morgan fingerprint density at radius 3 is 2.29 bits per heavy atom. The average Bonchev–Trinajstić information content (AvgIpc) is 2.51. The van der Waals surface area contributed by atoms with Crippen LogP contribution in [0, 0.1) is 0 Å². The van der Waals surface area contributed by atoms with Crippen LogP contribution < -0.4 is 9.47 Å². The number of hydrogen-bond acceptors (Lipinski definition) is 2. The van der Waals surface area contributed by atoms with E-state index in [4.69, 9.17) is 32.7 Å². The van der Waals surface area contributed by atoms with Gasteiger partial charge in [0.15, 0.2) is 11.5 Å². The maximum atomic E-state index is 12.5. The summed E-state index contributed by atoms with van der Waals surface area (Å²) in [4.78, 5) is 0. The number of benzene rings is 1. The molecule has 2 nitrogen and oxygen atoms in total. The molecule has 0 bridgehead atoms. The minimum Gasteiger partial charge on any atom is -0.490 e. The summed E-state index contributed by atoms with van der Waals surface area (Å²) in [5.41, 5.74) is 0.160. The molecule has 1 atom stereocenters. The Labute approximate surface area is 107 Å². The highest BCUT2D eigenvalue weighted by atomic mass is 35.5. The minimum absolute atomic E-state index is 0.160. The number of rotatable bonds is 2. The fourth-order valence-electron chi connectivity index (χ4n) is 1.55. The maximum absolute atomic E-state index is 12.5. The van der Waals surface area contributed by atoms with Gasteiger partial charge in [-0.25, -0.2) is 8.78 Å². The predicted molar refractivity (Wildman–Crippen MR) is 61.7 cm³/mol. The van der Waals surface area contributed by atoms with E-state index in [1.807, 2.05) is 0 Å². The van der Waals surface area contributed by atoms with Crippen molar-refractivity contribution in [2.45, 2.75) is 18.2 Å². The van der Waals surface area contributed by atoms with Gasteiger partial charge in [-0.15, -0.1) is 11.6 Å². The molecule has 1 aromatic carbocycles. The number of hydrogen-bond donors (Lipinski definition) is 0. The molecule has 0 amide bonds. The van der Waals surface area contributed by atoms with Crippen LogP contribution in [-0.2, 0) is 0 Å². The summed E-state index contributed by atoms with van der Waals surface area (Å²) in [5, 5.41) is -1.28. The largest absolute Gasteiger partial charge is 0.490 e. The van der Waals surface area contributed by atoms with Crippen LogP contribution in [0.3, 0.4) is 0 Å². The van der Waals surface area contributed by atoms with Crippen LogP contribution in [0.15, 0.2) is 12.1 Å². The molecule has 0 fully saturated rings.